The summed E-state index contributed by atoms with van der Waals surface area (Å²) in [4.78, 5) is 11.5. The van der Waals surface area contributed by atoms with E-state index in [1.54, 1.807) is 19.9 Å². The smallest absolute Gasteiger partial charge is 0.234 e. The number of rotatable bonds is 0. The first kappa shape index (κ1) is 9.46. The molecule has 1 N–H and O–H groups in total. The van der Waals surface area contributed by atoms with Crippen molar-refractivity contribution in [2.45, 2.75) is 19.3 Å². The highest BCUT2D eigenvalue weighted by Crippen LogP contribution is 2.42. The number of fused-ring (bicyclic) bond motifs is 1. The van der Waals surface area contributed by atoms with Crippen LogP contribution in [0.25, 0.3) is 0 Å². The predicted octanol–water partition coefficient (Wildman–Crippen LogP) is 2.71. The summed E-state index contributed by atoms with van der Waals surface area (Å²) in [5.41, 5.74) is 0.516. The van der Waals surface area contributed by atoms with Crippen molar-refractivity contribution in [1.82, 2.24) is 0 Å². The average Bonchev–Trinajstić information content (AvgIpc) is 2.33. The monoisotopic (exact) mass is 213 g/mol. The van der Waals surface area contributed by atoms with Crippen molar-refractivity contribution >= 4 is 23.2 Å². The Bertz CT molecular complexity index is 428. The molecule has 74 valence electrons. The standard InChI is InChI=1S/C10H9ClFNO/c1-10(2)5-3-4-6(12)7(11)8(5)13-9(10)14/h3-4H,1-2H3,(H,13,14). The topological polar surface area (TPSA) is 29.1 Å². The van der Waals surface area contributed by atoms with Gasteiger partial charge in [0.05, 0.1) is 11.1 Å². The van der Waals surface area contributed by atoms with Gasteiger partial charge in [0.1, 0.15) is 10.8 Å². The van der Waals surface area contributed by atoms with Crippen molar-refractivity contribution in [3.05, 3.63) is 28.5 Å². The number of carbonyl (C=O) groups excluding carboxylic acids is 1. The maximum Gasteiger partial charge on any atom is 0.234 e. The van der Waals surface area contributed by atoms with Gasteiger partial charge < -0.3 is 5.32 Å². The summed E-state index contributed by atoms with van der Waals surface area (Å²) in [5, 5.41) is 2.57. The molecule has 0 unspecified atom stereocenters. The second-order valence-electron chi connectivity index (χ2n) is 3.86. The molecule has 1 heterocycles. The van der Waals surface area contributed by atoms with Crippen LogP contribution in [0.5, 0.6) is 0 Å². The molecule has 0 bridgehead atoms. The van der Waals surface area contributed by atoms with Crippen LogP contribution in [-0.4, -0.2) is 5.91 Å². The Kier molecular flexibility index (Phi) is 1.83. The molecule has 0 saturated heterocycles. The number of anilines is 1. The highest BCUT2D eigenvalue weighted by molar-refractivity contribution is 6.35. The number of hydrogen-bond donors (Lipinski definition) is 1. The maximum absolute atomic E-state index is 13.1. The Morgan fingerprint density at radius 2 is 2.07 bits per heavy atom. The Balaban J connectivity index is 2.70. The lowest BCUT2D eigenvalue weighted by molar-refractivity contribution is -0.119. The first-order valence-corrected chi connectivity index (χ1v) is 4.62. The average molecular weight is 214 g/mol. The zero-order valence-corrected chi connectivity index (χ0v) is 8.57. The van der Waals surface area contributed by atoms with E-state index in [0.717, 1.165) is 5.56 Å². The van der Waals surface area contributed by atoms with E-state index < -0.39 is 11.2 Å². The number of nitrogens with one attached hydrogen (secondary N) is 1. The van der Waals surface area contributed by atoms with Crippen molar-refractivity contribution < 1.29 is 9.18 Å². The van der Waals surface area contributed by atoms with Crippen LogP contribution in [0, 0.1) is 5.82 Å². The molecule has 1 aliphatic heterocycles. The van der Waals surface area contributed by atoms with Gasteiger partial charge in [-0.2, -0.15) is 0 Å². The van der Waals surface area contributed by atoms with E-state index in [1.807, 2.05) is 0 Å². The molecule has 2 rings (SSSR count). The highest BCUT2D eigenvalue weighted by atomic mass is 35.5. The molecule has 0 aliphatic carbocycles. The molecule has 0 spiro atoms. The number of benzene rings is 1. The van der Waals surface area contributed by atoms with Gasteiger partial charge in [0.2, 0.25) is 5.91 Å². The number of hydrogen-bond acceptors (Lipinski definition) is 1. The van der Waals surface area contributed by atoms with Crippen LogP contribution in [0.1, 0.15) is 19.4 Å². The first-order chi connectivity index (χ1) is 6.44. The maximum atomic E-state index is 13.1. The zero-order chi connectivity index (χ0) is 10.5. The SMILES string of the molecule is CC1(C)C(=O)Nc2c1ccc(F)c2Cl. The lowest BCUT2D eigenvalue weighted by Gasteiger charge is -2.14. The summed E-state index contributed by atoms with van der Waals surface area (Å²) in [7, 11) is 0. The summed E-state index contributed by atoms with van der Waals surface area (Å²) in [6, 6.07) is 2.87. The second-order valence-corrected chi connectivity index (χ2v) is 4.24. The lowest BCUT2D eigenvalue weighted by Crippen LogP contribution is -2.26. The van der Waals surface area contributed by atoms with E-state index in [-0.39, 0.29) is 10.9 Å². The third-order valence-electron chi connectivity index (χ3n) is 2.57. The molecule has 1 aromatic carbocycles. The van der Waals surface area contributed by atoms with Gasteiger partial charge in [-0.1, -0.05) is 17.7 Å². The summed E-state index contributed by atoms with van der Waals surface area (Å²) in [6.45, 7) is 3.56. The Morgan fingerprint density at radius 1 is 1.43 bits per heavy atom. The molecule has 2 nitrogen and oxygen atoms in total. The van der Waals surface area contributed by atoms with Crippen LogP contribution in [0.15, 0.2) is 12.1 Å². The number of halogens is 2. The minimum atomic E-state index is -0.632. The first-order valence-electron chi connectivity index (χ1n) is 4.24. The zero-order valence-electron chi connectivity index (χ0n) is 7.82. The third kappa shape index (κ3) is 1.05. The Labute approximate surface area is 86.1 Å². The van der Waals surface area contributed by atoms with Gasteiger partial charge in [0, 0.05) is 0 Å². The van der Waals surface area contributed by atoms with Crippen LogP contribution in [0.3, 0.4) is 0 Å². The molecule has 0 fully saturated rings. The normalized spacial score (nSPS) is 17.9. The van der Waals surface area contributed by atoms with Crippen molar-refractivity contribution in [3.8, 4) is 0 Å². The largest absolute Gasteiger partial charge is 0.324 e. The van der Waals surface area contributed by atoms with E-state index >= 15 is 0 Å². The molecule has 14 heavy (non-hydrogen) atoms. The van der Waals surface area contributed by atoms with Crippen LogP contribution < -0.4 is 5.32 Å². The van der Waals surface area contributed by atoms with Crippen LogP contribution in [-0.2, 0) is 10.2 Å². The van der Waals surface area contributed by atoms with Crippen molar-refractivity contribution in [2.75, 3.05) is 5.32 Å². The molecule has 1 amide bonds. The van der Waals surface area contributed by atoms with Crippen molar-refractivity contribution in [1.29, 1.82) is 0 Å². The molecule has 0 aromatic heterocycles. The fourth-order valence-electron chi connectivity index (χ4n) is 1.59. The van der Waals surface area contributed by atoms with Gasteiger partial charge in [0.25, 0.3) is 0 Å². The summed E-state index contributed by atoms with van der Waals surface area (Å²) in [5.74, 6) is -0.664. The van der Waals surface area contributed by atoms with Crippen molar-refractivity contribution in [3.63, 3.8) is 0 Å². The van der Waals surface area contributed by atoms with Gasteiger partial charge in [-0.15, -0.1) is 0 Å². The Hall–Kier alpha value is -1.09. The van der Waals surface area contributed by atoms with Gasteiger partial charge >= 0.3 is 0 Å². The van der Waals surface area contributed by atoms with E-state index in [2.05, 4.69) is 5.32 Å². The number of amides is 1. The van der Waals surface area contributed by atoms with Gasteiger partial charge in [0.15, 0.2) is 0 Å². The van der Waals surface area contributed by atoms with Crippen LogP contribution in [0.4, 0.5) is 10.1 Å². The van der Waals surface area contributed by atoms with Crippen molar-refractivity contribution in [2.24, 2.45) is 0 Å². The molecule has 0 saturated carbocycles. The van der Waals surface area contributed by atoms with Gasteiger partial charge in [-0.25, -0.2) is 4.39 Å². The lowest BCUT2D eigenvalue weighted by atomic mass is 9.86. The van der Waals surface area contributed by atoms with Gasteiger partial charge in [-0.3, -0.25) is 4.79 Å². The minimum Gasteiger partial charge on any atom is -0.324 e. The molecular weight excluding hydrogens is 205 g/mol. The van der Waals surface area contributed by atoms with Gasteiger partial charge in [-0.05, 0) is 25.5 Å². The molecule has 1 aliphatic rings. The fraction of sp³-hybridized carbons (Fsp3) is 0.300. The van der Waals surface area contributed by atoms with E-state index in [1.165, 1.54) is 6.07 Å². The van der Waals surface area contributed by atoms with E-state index in [9.17, 15) is 9.18 Å². The minimum absolute atomic E-state index is 0.0126. The van der Waals surface area contributed by atoms with Crippen LogP contribution >= 0.6 is 11.6 Å². The summed E-state index contributed by atoms with van der Waals surface area (Å²) >= 11 is 5.74. The highest BCUT2D eigenvalue weighted by Gasteiger charge is 2.39. The molecule has 4 heteroatoms. The molecular formula is C10H9ClFNO. The van der Waals surface area contributed by atoms with Crippen LogP contribution in [0.2, 0.25) is 5.02 Å². The molecule has 0 radical (unpaired) electrons. The summed E-state index contributed by atoms with van der Waals surface area (Å²) in [6.07, 6.45) is 0. The molecule has 0 atom stereocenters. The van der Waals surface area contributed by atoms with E-state index in [4.69, 9.17) is 11.6 Å². The predicted molar refractivity (Wildman–Crippen MR) is 53.1 cm³/mol. The summed E-state index contributed by atoms with van der Waals surface area (Å²) < 4.78 is 13.1. The third-order valence-corrected chi connectivity index (χ3v) is 2.94. The fourth-order valence-corrected chi connectivity index (χ4v) is 1.80. The molecule has 1 aromatic rings. The van der Waals surface area contributed by atoms with E-state index in [0.29, 0.717) is 5.69 Å². The number of carbonyl (C=O) groups is 1. The Morgan fingerprint density at radius 3 is 2.71 bits per heavy atom. The second kappa shape index (κ2) is 2.70. The quantitative estimate of drug-likeness (QED) is 0.706.